The molecule has 2 amide bonds. The van der Waals surface area contributed by atoms with Gasteiger partial charge in [-0.05, 0) is 57.9 Å². The number of nitrogens with one attached hydrogen (secondary N) is 3. The molecule has 2 unspecified atom stereocenters. The molecule has 3 N–H and O–H groups in total. The second kappa shape index (κ2) is 15.4. The van der Waals surface area contributed by atoms with Gasteiger partial charge in [0.2, 0.25) is 21.8 Å². The lowest BCUT2D eigenvalue weighted by Gasteiger charge is -2.39. The first-order chi connectivity index (χ1) is 20.9. The van der Waals surface area contributed by atoms with Gasteiger partial charge in [0.1, 0.15) is 17.7 Å². The minimum Gasteiger partial charge on any atom is -0.349 e. The normalized spacial score (nSPS) is 25.5. The van der Waals surface area contributed by atoms with Crippen molar-refractivity contribution in [1.29, 1.82) is 0 Å². The molecule has 1 saturated carbocycles. The van der Waals surface area contributed by atoms with Crippen LogP contribution in [0.4, 0.5) is 8.78 Å². The predicted octanol–water partition coefficient (Wildman–Crippen LogP) is 4.20. The number of nitrogens with zero attached hydrogens (tertiary/aromatic N) is 2. The lowest BCUT2D eigenvalue weighted by molar-refractivity contribution is -0.137. The fourth-order valence-corrected chi connectivity index (χ4v) is 8.81. The van der Waals surface area contributed by atoms with Crippen LogP contribution in [-0.4, -0.2) is 79.2 Å². The molecule has 2 saturated heterocycles. The Labute approximate surface area is 261 Å². The van der Waals surface area contributed by atoms with Crippen LogP contribution >= 0.6 is 0 Å². The number of piperidine rings is 1. The lowest BCUT2D eigenvalue weighted by Crippen LogP contribution is -2.59. The average Bonchev–Trinajstić information content (AvgIpc) is 3.19. The Hall–Kier alpha value is -2.15. The Morgan fingerprint density at radius 2 is 1.70 bits per heavy atom. The zero-order valence-corrected chi connectivity index (χ0v) is 27.5. The summed E-state index contributed by atoms with van der Waals surface area (Å²) in [6, 6.07) is 1.73. The first-order valence-electron chi connectivity index (χ1n) is 16.4. The van der Waals surface area contributed by atoms with Crippen molar-refractivity contribution in [2.45, 2.75) is 128 Å². The van der Waals surface area contributed by atoms with Crippen molar-refractivity contribution in [3.63, 3.8) is 0 Å². The molecule has 0 radical (unpaired) electrons. The molecule has 44 heavy (non-hydrogen) atoms. The quantitative estimate of drug-likeness (QED) is 0.313. The number of hydrogen-bond donors (Lipinski definition) is 3. The van der Waals surface area contributed by atoms with Gasteiger partial charge in [-0.15, -0.1) is 0 Å². The van der Waals surface area contributed by atoms with E-state index in [1.54, 1.807) is 18.7 Å². The zero-order chi connectivity index (χ0) is 32.0. The number of carbonyl (C=O) groups is 2. The highest BCUT2D eigenvalue weighted by atomic mass is 32.2. The summed E-state index contributed by atoms with van der Waals surface area (Å²) in [5.41, 5.74) is 0.407. The van der Waals surface area contributed by atoms with Crippen LogP contribution in [0.15, 0.2) is 18.2 Å². The summed E-state index contributed by atoms with van der Waals surface area (Å²) < 4.78 is 57.3. The average molecular weight is 640 g/mol. The molecule has 3 aliphatic rings. The number of halogens is 2. The molecular formula is C32H51F2N5O4S. The maximum absolute atomic E-state index is 15.1. The molecule has 5 atom stereocenters. The van der Waals surface area contributed by atoms with E-state index in [0.717, 1.165) is 63.9 Å². The maximum Gasteiger partial charge on any atom is 0.239 e. The van der Waals surface area contributed by atoms with Crippen molar-refractivity contribution in [2.24, 2.45) is 5.92 Å². The van der Waals surface area contributed by atoms with Gasteiger partial charge in [-0.2, -0.15) is 0 Å². The van der Waals surface area contributed by atoms with E-state index in [0.29, 0.717) is 18.7 Å². The highest BCUT2D eigenvalue weighted by molar-refractivity contribution is 7.89. The Bertz CT molecular complexity index is 1240. The van der Waals surface area contributed by atoms with E-state index in [9.17, 15) is 22.4 Å². The smallest absolute Gasteiger partial charge is 0.239 e. The summed E-state index contributed by atoms with van der Waals surface area (Å²) in [6.45, 7) is 8.39. The lowest BCUT2D eigenvalue weighted by atomic mass is 9.99. The summed E-state index contributed by atoms with van der Waals surface area (Å²) in [5, 5.41) is 6.47. The first-order valence-corrected chi connectivity index (χ1v) is 18.1. The summed E-state index contributed by atoms with van der Waals surface area (Å²) in [4.78, 5) is 31.1. The fraction of sp³-hybridized carbons (Fsp3) is 0.750. The second-order valence-electron chi connectivity index (χ2n) is 13.4. The standard InChI is InChI=1S/C32H51F2N5O4S/c1-21(2)20-44(42,43)37-28(18-30(40)38-16-10-9-11-22(38)3)32(41)36-23(4)31-35-19-29(26-15-14-24(33)17-27(26)34)39(31)25-12-7-5-6-8-13-25/h14-15,17,21-23,25,28-29,31,35,37H,5-13,16,18-20H2,1-4H3,(H,36,41)/t22-,23-,28-,29?,31?/m0/s1. The van der Waals surface area contributed by atoms with E-state index < -0.39 is 39.6 Å². The van der Waals surface area contributed by atoms with Gasteiger partial charge in [-0.25, -0.2) is 21.9 Å². The van der Waals surface area contributed by atoms with E-state index in [2.05, 4.69) is 20.3 Å². The maximum atomic E-state index is 15.1. The molecule has 2 aliphatic heterocycles. The van der Waals surface area contributed by atoms with Crippen LogP contribution < -0.4 is 15.4 Å². The van der Waals surface area contributed by atoms with Gasteiger partial charge in [0, 0.05) is 36.8 Å². The molecular weight excluding hydrogens is 588 g/mol. The highest BCUT2D eigenvalue weighted by Gasteiger charge is 2.43. The van der Waals surface area contributed by atoms with E-state index in [1.165, 1.54) is 12.1 Å². The first kappa shape index (κ1) is 34.7. The topological polar surface area (TPSA) is 111 Å². The minimum absolute atomic E-state index is 0.0331. The van der Waals surface area contributed by atoms with E-state index in [1.807, 2.05) is 13.8 Å². The number of hydrogen-bond acceptors (Lipinski definition) is 6. The molecule has 0 aromatic heterocycles. The molecule has 9 nitrogen and oxygen atoms in total. The minimum atomic E-state index is -3.83. The largest absolute Gasteiger partial charge is 0.349 e. The molecule has 2 heterocycles. The van der Waals surface area contributed by atoms with Crippen LogP contribution in [0.25, 0.3) is 0 Å². The number of amides is 2. The van der Waals surface area contributed by atoms with Gasteiger partial charge < -0.3 is 10.2 Å². The monoisotopic (exact) mass is 639 g/mol. The van der Waals surface area contributed by atoms with Gasteiger partial charge in [0.15, 0.2) is 0 Å². The number of likely N-dealkylation sites (tertiary alicyclic amines) is 1. The van der Waals surface area contributed by atoms with Gasteiger partial charge in [-0.1, -0.05) is 45.6 Å². The molecule has 0 bridgehead atoms. The third-order valence-electron chi connectivity index (χ3n) is 9.31. The van der Waals surface area contributed by atoms with Crippen molar-refractivity contribution in [2.75, 3.05) is 18.8 Å². The van der Waals surface area contributed by atoms with Gasteiger partial charge in [-0.3, -0.25) is 19.8 Å². The van der Waals surface area contributed by atoms with Crippen LogP contribution in [0.3, 0.4) is 0 Å². The summed E-state index contributed by atoms with van der Waals surface area (Å²) in [7, 11) is -3.83. The Kier molecular flexibility index (Phi) is 12.2. The Morgan fingerprint density at radius 1 is 1.02 bits per heavy atom. The fourth-order valence-electron chi connectivity index (χ4n) is 7.21. The van der Waals surface area contributed by atoms with Crippen LogP contribution in [0, 0.1) is 17.6 Å². The predicted molar refractivity (Wildman–Crippen MR) is 167 cm³/mol. The molecule has 12 heteroatoms. The van der Waals surface area contributed by atoms with Crippen LogP contribution in [0.5, 0.6) is 0 Å². The zero-order valence-electron chi connectivity index (χ0n) is 26.7. The summed E-state index contributed by atoms with van der Waals surface area (Å²) in [5.74, 6) is -2.36. The van der Waals surface area contributed by atoms with Gasteiger partial charge in [0.25, 0.3) is 0 Å². The summed E-state index contributed by atoms with van der Waals surface area (Å²) in [6.07, 6.45) is 8.35. The van der Waals surface area contributed by atoms with Crippen molar-refractivity contribution < 1.29 is 26.8 Å². The third kappa shape index (κ3) is 8.98. The molecule has 4 rings (SSSR count). The van der Waals surface area contributed by atoms with Crippen molar-refractivity contribution in [3.05, 3.63) is 35.4 Å². The van der Waals surface area contributed by atoms with Crippen LogP contribution in [0.2, 0.25) is 0 Å². The number of rotatable bonds is 11. The number of benzene rings is 1. The van der Waals surface area contributed by atoms with E-state index >= 15 is 4.39 Å². The van der Waals surface area contributed by atoms with Crippen molar-refractivity contribution in [3.8, 4) is 0 Å². The van der Waals surface area contributed by atoms with Crippen molar-refractivity contribution >= 4 is 21.8 Å². The SMILES string of the molecule is CC(C)CS(=O)(=O)N[C@@H](CC(=O)N1CCCC[C@@H]1C)C(=O)N[C@@H](C)C1NCC(c2ccc(F)cc2F)N1C1CCCCCC1. The molecule has 1 aromatic carbocycles. The van der Waals surface area contributed by atoms with Gasteiger partial charge >= 0.3 is 0 Å². The van der Waals surface area contributed by atoms with Crippen LogP contribution in [0.1, 0.15) is 104 Å². The number of sulfonamides is 1. The molecule has 1 aromatic rings. The molecule has 1 aliphatic carbocycles. The summed E-state index contributed by atoms with van der Waals surface area (Å²) >= 11 is 0. The second-order valence-corrected chi connectivity index (χ2v) is 15.2. The van der Waals surface area contributed by atoms with E-state index in [4.69, 9.17) is 0 Å². The van der Waals surface area contributed by atoms with E-state index in [-0.39, 0.29) is 48.3 Å². The molecule has 3 fully saturated rings. The number of carbonyl (C=O) groups excluding carboxylic acids is 2. The molecule has 0 spiro atoms. The van der Waals surface area contributed by atoms with Crippen molar-refractivity contribution in [1.82, 2.24) is 25.2 Å². The van der Waals surface area contributed by atoms with Gasteiger partial charge in [0.05, 0.1) is 30.4 Å². The van der Waals surface area contributed by atoms with Crippen LogP contribution in [-0.2, 0) is 19.6 Å². The Morgan fingerprint density at radius 3 is 2.34 bits per heavy atom. The Balaban J connectivity index is 1.55. The highest BCUT2D eigenvalue weighted by Crippen LogP contribution is 2.36. The molecule has 248 valence electrons. The third-order valence-corrected chi connectivity index (χ3v) is 11.1.